The van der Waals surface area contributed by atoms with Crippen molar-refractivity contribution in [2.24, 2.45) is 11.8 Å². The molecule has 34 heavy (non-hydrogen) atoms. The summed E-state index contributed by atoms with van der Waals surface area (Å²) < 4.78 is 34.0. The van der Waals surface area contributed by atoms with Crippen LogP contribution in [0.3, 0.4) is 0 Å². The van der Waals surface area contributed by atoms with Crippen molar-refractivity contribution in [2.45, 2.75) is 25.2 Å². The molecule has 3 aromatic carbocycles. The van der Waals surface area contributed by atoms with Crippen LogP contribution in [0.5, 0.6) is 5.75 Å². The fourth-order valence-corrected chi connectivity index (χ4v) is 6.48. The minimum atomic E-state index is -3.82. The number of sulfonamides is 1. The zero-order valence-electron chi connectivity index (χ0n) is 19.7. The summed E-state index contributed by atoms with van der Waals surface area (Å²) in [6.45, 7) is 5.03. The Hall–Kier alpha value is -3.16. The largest absolute Gasteiger partial charge is 0.495 e. The number of carbonyl (C=O) groups is 1. The zero-order chi connectivity index (χ0) is 24.3. The molecule has 0 radical (unpaired) electrons. The molecular formula is C27H30N2O4S. The monoisotopic (exact) mass is 478 g/mol. The van der Waals surface area contributed by atoms with Crippen molar-refractivity contribution in [3.63, 3.8) is 0 Å². The molecule has 1 aliphatic rings. The molecule has 1 heterocycles. The molecule has 7 heteroatoms. The lowest BCUT2D eigenvalue weighted by Crippen LogP contribution is -2.42. The van der Waals surface area contributed by atoms with E-state index in [4.69, 9.17) is 4.74 Å². The normalized spacial score (nSPS) is 18.9. The Labute approximate surface area is 201 Å². The third-order valence-electron chi connectivity index (χ3n) is 6.14. The number of amides is 1. The number of ether oxygens (including phenoxy) is 1. The lowest BCUT2D eigenvalue weighted by atomic mass is 9.94. The number of hydrogen-bond acceptors (Lipinski definition) is 4. The van der Waals surface area contributed by atoms with Gasteiger partial charge in [-0.25, -0.2) is 8.42 Å². The molecule has 3 aromatic rings. The van der Waals surface area contributed by atoms with Crippen LogP contribution in [0.25, 0.3) is 11.1 Å². The Morgan fingerprint density at radius 1 is 0.941 bits per heavy atom. The molecule has 2 unspecified atom stereocenters. The Bertz CT molecular complexity index is 1260. The van der Waals surface area contributed by atoms with E-state index < -0.39 is 10.0 Å². The highest BCUT2D eigenvalue weighted by Gasteiger charge is 2.34. The molecule has 1 fully saturated rings. The van der Waals surface area contributed by atoms with Gasteiger partial charge < -0.3 is 10.1 Å². The summed E-state index contributed by atoms with van der Waals surface area (Å²) in [5.74, 6) is 0.381. The van der Waals surface area contributed by atoms with E-state index in [1.165, 1.54) is 17.5 Å². The first-order valence-corrected chi connectivity index (χ1v) is 12.9. The first-order chi connectivity index (χ1) is 16.3. The molecule has 1 amide bonds. The molecule has 178 valence electrons. The maximum Gasteiger partial charge on any atom is 0.255 e. The summed E-state index contributed by atoms with van der Waals surface area (Å²) in [5.41, 5.74) is 2.76. The van der Waals surface area contributed by atoms with Gasteiger partial charge in [0, 0.05) is 29.9 Å². The molecule has 1 aliphatic heterocycles. The van der Waals surface area contributed by atoms with Gasteiger partial charge in [0.1, 0.15) is 10.6 Å². The predicted molar refractivity (Wildman–Crippen MR) is 135 cm³/mol. The van der Waals surface area contributed by atoms with E-state index in [1.54, 1.807) is 12.1 Å². The van der Waals surface area contributed by atoms with Gasteiger partial charge >= 0.3 is 0 Å². The summed E-state index contributed by atoms with van der Waals surface area (Å²) in [6.07, 6.45) is 0.992. The summed E-state index contributed by atoms with van der Waals surface area (Å²) >= 11 is 0. The van der Waals surface area contributed by atoms with E-state index in [9.17, 15) is 13.2 Å². The first-order valence-electron chi connectivity index (χ1n) is 11.4. The third-order valence-corrected chi connectivity index (χ3v) is 7.99. The van der Waals surface area contributed by atoms with E-state index >= 15 is 0 Å². The Balaban J connectivity index is 1.66. The Morgan fingerprint density at radius 3 is 2.26 bits per heavy atom. The van der Waals surface area contributed by atoms with Gasteiger partial charge in [-0.15, -0.1) is 0 Å². The van der Waals surface area contributed by atoms with Crippen molar-refractivity contribution in [2.75, 3.05) is 25.5 Å². The number of hydrogen-bond donors (Lipinski definition) is 1. The van der Waals surface area contributed by atoms with Crippen molar-refractivity contribution >= 4 is 21.6 Å². The number of benzene rings is 3. The standard InChI is InChI=1S/C27H30N2O4S/c1-19-15-20(2)18-29(17-19)34(31,32)26-16-22(13-14-25(26)33-3)27(30)28-24-12-8-7-11-23(24)21-9-5-4-6-10-21/h4-14,16,19-20H,15,17-18H2,1-3H3,(H,28,30). The number of methoxy groups -OCH3 is 1. The number of piperidine rings is 1. The molecule has 6 nitrogen and oxygen atoms in total. The molecule has 0 saturated carbocycles. The maximum absolute atomic E-state index is 13.5. The van der Waals surface area contributed by atoms with Gasteiger partial charge in [0.15, 0.2) is 0 Å². The van der Waals surface area contributed by atoms with E-state index in [0.29, 0.717) is 18.8 Å². The number of nitrogens with one attached hydrogen (secondary N) is 1. The highest BCUT2D eigenvalue weighted by atomic mass is 32.2. The number of rotatable bonds is 6. The van der Waals surface area contributed by atoms with Gasteiger partial charge in [-0.2, -0.15) is 4.31 Å². The van der Waals surface area contributed by atoms with Gasteiger partial charge in [-0.1, -0.05) is 62.4 Å². The second-order valence-corrected chi connectivity index (χ2v) is 10.9. The maximum atomic E-state index is 13.5. The molecule has 0 bridgehead atoms. The highest BCUT2D eigenvalue weighted by molar-refractivity contribution is 7.89. The van der Waals surface area contributed by atoms with E-state index in [2.05, 4.69) is 19.2 Å². The van der Waals surface area contributed by atoms with Crippen molar-refractivity contribution < 1.29 is 17.9 Å². The van der Waals surface area contributed by atoms with Gasteiger partial charge in [-0.3, -0.25) is 4.79 Å². The van der Waals surface area contributed by atoms with Crippen LogP contribution >= 0.6 is 0 Å². The van der Waals surface area contributed by atoms with Gasteiger partial charge in [0.25, 0.3) is 5.91 Å². The molecule has 0 aromatic heterocycles. The molecule has 1 saturated heterocycles. The SMILES string of the molecule is COc1ccc(C(=O)Nc2ccccc2-c2ccccc2)cc1S(=O)(=O)N1CC(C)CC(C)C1. The summed E-state index contributed by atoms with van der Waals surface area (Å²) in [4.78, 5) is 13.2. The zero-order valence-corrected chi connectivity index (χ0v) is 20.5. The topological polar surface area (TPSA) is 75.7 Å². The van der Waals surface area contributed by atoms with Crippen LogP contribution in [-0.4, -0.2) is 38.8 Å². The van der Waals surface area contributed by atoms with E-state index in [1.807, 2.05) is 54.6 Å². The second-order valence-electron chi connectivity index (χ2n) is 9.00. The average molecular weight is 479 g/mol. The summed E-state index contributed by atoms with van der Waals surface area (Å²) in [7, 11) is -2.39. The minimum Gasteiger partial charge on any atom is -0.495 e. The lowest BCUT2D eigenvalue weighted by Gasteiger charge is -2.34. The van der Waals surface area contributed by atoms with Gasteiger partial charge in [0.2, 0.25) is 10.0 Å². The third kappa shape index (κ3) is 5.00. The molecule has 4 rings (SSSR count). The van der Waals surface area contributed by atoms with Crippen LogP contribution in [0, 0.1) is 11.8 Å². The van der Waals surface area contributed by atoms with Gasteiger partial charge in [0.05, 0.1) is 7.11 Å². The smallest absolute Gasteiger partial charge is 0.255 e. The van der Waals surface area contributed by atoms with Crippen LogP contribution in [0.4, 0.5) is 5.69 Å². The average Bonchev–Trinajstić information content (AvgIpc) is 2.84. The first kappa shape index (κ1) is 24.0. The Morgan fingerprint density at radius 2 is 1.59 bits per heavy atom. The predicted octanol–water partition coefficient (Wildman–Crippen LogP) is 5.28. The van der Waals surface area contributed by atoms with Crippen LogP contribution in [0.15, 0.2) is 77.7 Å². The molecule has 2 atom stereocenters. The van der Waals surface area contributed by atoms with Crippen LogP contribution in [-0.2, 0) is 10.0 Å². The highest BCUT2D eigenvalue weighted by Crippen LogP contribution is 2.33. The minimum absolute atomic E-state index is 0.0142. The molecular weight excluding hydrogens is 448 g/mol. The molecule has 1 N–H and O–H groups in total. The molecule has 0 spiro atoms. The summed E-state index contributed by atoms with van der Waals surface area (Å²) in [5, 5.41) is 2.95. The van der Waals surface area contributed by atoms with Crippen molar-refractivity contribution in [3.8, 4) is 16.9 Å². The number of nitrogens with zero attached hydrogens (tertiary/aromatic N) is 1. The van der Waals surface area contributed by atoms with Crippen molar-refractivity contribution in [1.82, 2.24) is 4.31 Å². The number of carbonyl (C=O) groups excluding carboxylic acids is 1. The Kier molecular flexibility index (Phi) is 7.05. The van der Waals surface area contributed by atoms with Crippen LogP contribution < -0.4 is 10.1 Å². The van der Waals surface area contributed by atoms with Crippen LogP contribution in [0.2, 0.25) is 0 Å². The summed E-state index contributed by atoms with van der Waals surface area (Å²) in [6, 6.07) is 21.8. The lowest BCUT2D eigenvalue weighted by molar-refractivity contribution is 0.102. The fraction of sp³-hybridized carbons (Fsp3) is 0.296. The van der Waals surface area contributed by atoms with Crippen molar-refractivity contribution in [3.05, 3.63) is 78.4 Å². The molecule has 0 aliphatic carbocycles. The number of anilines is 1. The quantitative estimate of drug-likeness (QED) is 0.523. The van der Waals surface area contributed by atoms with Gasteiger partial charge in [-0.05, 0) is 48.1 Å². The van der Waals surface area contributed by atoms with E-state index in [-0.39, 0.29) is 34.0 Å². The second kappa shape index (κ2) is 9.99. The fourth-order valence-electron chi connectivity index (χ4n) is 4.62. The van der Waals surface area contributed by atoms with Crippen molar-refractivity contribution in [1.29, 1.82) is 0 Å². The number of para-hydroxylation sites is 1. The van der Waals surface area contributed by atoms with Crippen LogP contribution in [0.1, 0.15) is 30.6 Å². The van der Waals surface area contributed by atoms with E-state index in [0.717, 1.165) is 17.5 Å².